The number of nitrogens with zero attached hydrogens (tertiary/aromatic N) is 1. The second-order valence-electron chi connectivity index (χ2n) is 5.45. The average molecular weight is 433 g/mol. The highest BCUT2D eigenvalue weighted by molar-refractivity contribution is 9.10. The molecule has 1 aromatic heterocycles. The number of fused-ring (bicyclic) bond motifs is 1. The van der Waals surface area contributed by atoms with E-state index >= 15 is 0 Å². The zero-order valence-corrected chi connectivity index (χ0v) is 16.5. The average Bonchev–Trinajstić information content (AvgIpc) is 3.10. The number of rotatable bonds is 6. The number of ether oxygens (including phenoxy) is 3. The van der Waals surface area contributed by atoms with Crippen LogP contribution in [0, 0.1) is 0 Å². The van der Waals surface area contributed by atoms with Gasteiger partial charge in [0.25, 0.3) is 0 Å². The van der Waals surface area contributed by atoms with Crippen LogP contribution in [-0.4, -0.2) is 33.5 Å². The SMILES string of the molecule is COc1cc(/C=N\NC(=O)c2cc3cc(Br)ccc3o2)cc(OC)c1OC. The molecule has 0 aliphatic carbocycles. The van der Waals surface area contributed by atoms with Crippen LogP contribution in [0.4, 0.5) is 0 Å². The van der Waals surface area contributed by atoms with E-state index in [0.717, 1.165) is 9.86 Å². The minimum atomic E-state index is -0.453. The smallest absolute Gasteiger partial charge is 0.307 e. The molecule has 0 unspecified atom stereocenters. The Balaban J connectivity index is 1.77. The third-order valence-electron chi connectivity index (χ3n) is 3.77. The topological polar surface area (TPSA) is 82.3 Å². The summed E-state index contributed by atoms with van der Waals surface area (Å²) in [7, 11) is 4.58. The van der Waals surface area contributed by atoms with Gasteiger partial charge in [0.05, 0.1) is 27.5 Å². The first kappa shape index (κ1) is 18.8. The molecule has 0 fully saturated rings. The molecular formula is C19H17BrN2O5. The Morgan fingerprint density at radius 3 is 2.41 bits per heavy atom. The van der Waals surface area contributed by atoms with Gasteiger partial charge in [0, 0.05) is 15.4 Å². The number of hydrazone groups is 1. The van der Waals surface area contributed by atoms with Crippen LogP contribution in [0.3, 0.4) is 0 Å². The van der Waals surface area contributed by atoms with Gasteiger partial charge in [-0.2, -0.15) is 5.10 Å². The van der Waals surface area contributed by atoms with Crippen molar-refractivity contribution in [2.75, 3.05) is 21.3 Å². The number of methoxy groups -OCH3 is 3. The lowest BCUT2D eigenvalue weighted by atomic mass is 10.2. The van der Waals surface area contributed by atoms with Crippen LogP contribution < -0.4 is 19.6 Å². The molecule has 0 aliphatic rings. The Labute approximate surface area is 164 Å². The molecule has 3 aromatic rings. The van der Waals surface area contributed by atoms with Crippen molar-refractivity contribution in [1.82, 2.24) is 5.43 Å². The fraction of sp³-hybridized carbons (Fsp3) is 0.158. The lowest BCUT2D eigenvalue weighted by Gasteiger charge is -2.12. The normalized spacial score (nSPS) is 11.0. The standard InChI is InChI=1S/C19H17BrN2O5/c1-24-15-6-11(7-16(25-2)18(15)26-3)10-21-22-19(23)17-9-12-8-13(20)4-5-14(12)27-17/h4-10H,1-3H3,(H,22,23)/b21-10-. The summed E-state index contributed by atoms with van der Waals surface area (Å²) in [5.41, 5.74) is 3.73. The number of hydrogen-bond acceptors (Lipinski definition) is 6. The maximum atomic E-state index is 12.2. The summed E-state index contributed by atoms with van der Waals surface area (Å²) in [6.45, 7) is 0. The maximum absolute atomic E-state index is 12.2. The summed E-state index contributed by atoms with van der Waals surface area (Å²) in [5, 5.41) is 4.79. The van der Waals surface area contributed by atoms with E-state index in [9.17, 15) is 4.79 Å². The number of benzene rings is 2. The molecule has 0 spiro atoms. The molecule has 27 heavy (non-hydrogen) atoms. The van der Waals surface area contributed by atoms with Gasteiger partial charge < -0.3 is 18.6 Å². The van der Waals surface area contributed by atoms with Gasteiger partial charge in [-0.05, 0) is 36.4 Å². The van der Waals surface area contributed by atoms with Crippen molar-refractivity contribution >= 4 is 39.0 Å². The fourth-order valence-corrected chi connectivity index (χ4v) is 2.90. The first-order chi connectivity index (χ1) is 13.0. The molecule has 0 saturated heterocycles. The van der Waals surface area contributed by atoms with E-state index in [1.54, 1.807) is 24.3 Å². The molecule has 3 rings (SSSR count). The molecule has 0 aliphatic heterocycles. The number of halogens is 1. The van der Waals surface area contributed by atoms with Crippen molar-refractivity contribution in [3.8, 4) is 17.2 Å². The maximum Gasteiger partial charge on any atom is 0.307 e. The monoisotopic (exact) mass is 432 g/mol. The van der Waals surface area contributed by atoms with E-state index in [0.29, 0.717) is 28.4 Å². The Kier molecular flexibility index (Phi) is 5.66. The second-order valence-corrected chi connectivity index (χ2v) is 6.37. The number of furan rings is 1. The summed E-state index contributed by atoms with van der Waals surface area (Å²) in [5.74, 6) is 1.19. The third-order valence-corrected chi connectivity index (χ3v) is 4.26. The highest BCUT2D eigenvalue weighted by Crippen LogP contribution is 2.37. The van der Waals surface area contributed by atoms with Gasteiger partial charge in [-0.25, -0.2) is 5.43 Å². The first-order valence-electron chi connectivity index (χ1n) is 7.88. The molecule has 8 heteroatoms. The van der Waals surface area contributed by atoms with Crippen molar-refractivity contribution in [2.24, 2.45) is 5.10 Å². The lowest BCUT2D eigenvalue weighted by Crippen LogP contribution is -2.16. The summed E-state index contributed by atoms with van der Waals surface area (Å²) in [4.78, 5) is 12.2. The first-order valence-corrected chi connectivity index (χ1v) is 8.67. The van der Waals surface area contributed by atoms with Crippen molar-refractivity contribution in [2.45, 2.75) is 0 Å². The summed E-state index contributed by atoms with van der Waals surface area (Å²) in [6.07, 6.45) is 1.47. The second kappa shape index (κ2) is 8.13. The van der Waals surface area contributed by atoms with Crippen molar-refractivity contribution < 1.29 is 23.4 Å². The van der Waals surface area contributed by atoms with Gasteiger partial charge in [-0.1, -0.05) is 15.9 Å². The van der Waals surface area contributed by atoms with E-state index in [1.165, 1.54) is 27.5 Å². The van der Waals surface area contributed by atoms with E-state index in [-0.39, 0.29) is 5.76 Å². The Morgan fingerprint density at radius 1 is 1.07 bits per heavy atom. The molecule has 0 bridgehead atoms. The van der Waals surface area contributed by atoms with E-state index in [2.05, 4.69) is 26.5 Å². The van der Waals surface area contributed by atoms with Crippen LogP contribution >= 0.6 is 15.9 Å². The molecule has 7 nitrogen and oxygen atoms in total. The molecule has 1 N–H and O–H groups in total. The largest absolute Gasteiger partial charge is 0.493 e. The Bertz CT molecular complexity index is 987. The number of amides is 1. The zero-order chi connectivity index (χ0) is 19.4. The van der Waals surface area contributed by atoms with Gasteiger partial charge in [0.2, 0.25) is 5.75 Å². The molecule has 1 heterocycles. The molecule has 0 radical (unpaired) electrons. The number of carbonyl (C=O) groups is 1. The predicted molar refractivity (Wildman–Crippen MR) is 105 cm³/mol. The number of hydrogen-bond donors (Lipinski definition) is 1. The van der Waals surface area contributed by atoms with E-state index in [4.69, 9.17) is 18.6 Å². The summed E-state index contributed by atoms with van der Waals surface area (Å²) in [6, 6.07) is 10.6. The van der Waals surface area contributed by atoms with Gasteiger partial charge >= 0.3 is 5.91 Å². The van der Waals surface area contributed by atoms with Crippen molar-refractivity contribution in [3.63, 3.8) is 0 Å². The van der Waals surface area contributed by atoms with E-state index in [1.807, 2.05) is 12.1 Å². The van der Waals surface area contributed by atoms with Crippen LogP contribution in [0.25, 0.3) is 11.0 Å². The molecule has 0 atom stereocenters. The minimum absolute atomic E-state index is 0.171. The van der Waals surface area contributed by atoms with Crippen LogP contribution in [0.5, 0.6) is 17.2 Å². The Morgan fingerprint density at radius 2 is 1.78 bits per heavy atom. The van der Waals surface area contributed by atoms with Crippen LogP contribution in [0.2, 0.25) is 0 Å². The molecule has 0 saturated carbocycles. The number of carbonyl (C=O) groups excluding carboxylic acids is 1. The van der Waals surface area contributed by atoms with Crippen molar-refractivity contribution in [3.05, 3.63) is 52.2 Å². The third kappa shape index (κ3) is 4.06. The molecule has 1 amide bonds. The van der Waals surface area contributed by atoms with Crippen LogP contribution in [0.1, 0.15) is 16.1 Å². The predicted octanol–water partition coefficient (Wildman–Crippen LogP) is 3.99. The molecular weight excluding hydrogens is 416 g/mol. The Hall–Kier alpha value is -3.00. The highest BCUT2D eigenvalue weighted by Gasteiger charge is 2.13. The van der Waals surface area contributed by atoms with Gasteiger partial charge in [0.1, 0.15) is 5.58 Å². The summed E-state index contributed by atoms with van der Waals surface area (Å²) < 4.78 is 22.3. The molecule has 2 aromatic carbocycles. The lowest BCUT2D eigenvalue weighted by molar-refractivity contribution is 0.0929. The molecule has 140 valence electrons. The van der Waals surface area contributed by atoms with Crippen molar-refractivity contribution in [1.29, 1.82) is 0 Å². The van der Waals surface area contributed by atoms with Gasteiger partial charge in [0.15, 0.2) is 17.3 Å². The van der Waals surface area contributed by atoms with Crippen LogP contribution in [0.15, 0.2) is 50.4 Å². The van der Waals surface area contributed by atoms with Gasteiger partial charge in [-0.15, -0.1) is 0 Å². The quantitative estimate of drug-likeness (QED) is 0.470. The van der Waals surface area contributed by atoms with Crippen LogP contribution in [-0.2, 0) is 0 Å². The number of nitrogens with one attached hydrogen (secondary N) is 1. The zero-order valence-electron chi connectivity index (χ0n) is 14.9. The fourth-order valence-electron chi connectivity index (χ4n) is 2.52. The summed E-state index contributed by atoms with van der Waals surface area (Å²) >= 11 is 3.39. The minimum Gasteiger partial charge on any atom is -0.493 e. The van der Waals surface area contributed by atoms with E-state index < -0.39 is 5.91 Å². The van der Waals surface area contributed by atoms with Gasteiger partial charge in [-0.3, -0.25) is 4.79 Å². The highest BCUT2D eigenvalue weighted by atomic mass is 79.9.